The van der Waals surface area contributed by atoms with Crippen molar-refractivity contribution in [2.45, 2.75) is 0 Å². The Kier molecular flexibility index (Phi) is 1.52. The van der Waals surface area contributed by atoms with E-state index in [0.29, 0.717) is 0 Å². The maximum Gasteiger partial charge on any atom is 0.135 e. The standard InChI is InChI=1S/C6H3NS3/c8-6-4-2-1-3-7-5(4)9-10-6/h1-3H. The van der Waals surface area contributed by atoms with Crippen LogP contribution in [0.1, 0.15) is 0 Å². The second-order valence-corrected chi connectivity index (χ2v) is 4.61. The van der Waals surface area contributed by atoms with E-state index in [1.807, 2.05) is 12.1 Å². The quantitative estimate of drug-likeness (QED) is 0.462. The highest BCUT2D eigenvalue weighted by atomic mass is 32.9. The van der Waals surface area contributed by atoms with Crippen LogP contribution in [-0.2, 0) is 0 Å². The minimum atomic E-state index is 0.952. The first-order valence-electron chi connectivity index (χ1n) is 2.72. The summed E-state index contributed by atoms with van der Waals surface area (Å²) in [5, 5.41) is 1.12. The number of rotatable bonds is 0. The summed E-state index contributed by atoms with van der Waals surface area (Å²) in [6.45, 7) is 0. The summed E-state index contributed by atoms with van der Waals surface area (Å²) in [4.78, 5) is 5.22. The fourth-order valence-electron chi connectivity index (χ4n) is 0.735. The summed E-state index contributed by atoms with van der Waals surface area (Å²) in [6, 6.07) is 3.93. The Bertz CT molecular complexity index is 400. The normalized spacial score (nSPS) is 10.4. The molecule has 10 heavy (non-hydrogen) atoms. The van der Waals surface area contributed by atoms with Crippen LogP contribution in [0.2, 0.25) is 0 Å². The highest BCUT2D eigenvalue weighted by Crippen LogP contribution is 2.24. The van der Waals surface area contributed by atoms with Gasteiger partial charge in [0.25, 0.3) is 0 Å². The summed E-state index contributed by atoms with van der Waals surface area (Å²) in [7, 11) is 3.25. The lowest BCUT2D eigenvalue weighted by Gasteiger charge is -1.81. The van der Waals surface area contributed by atoms with E-state index in [-0.39, 0.29) is 0 Å². The monoisotopic (exact) mass is 185 g/mol. The number of nitrogens with zero attached hydrogens (tertiary/aromatic N) is 1. The maximum absolute atomic E-state index is 5.08. The van der Waals surface area contributed by atoms with Gasteiger partial charge in [-0.3, -0.25) is 0 Å². The average molecular weight is 185 g/mol. The molecule has 50 valence electrons. The molecule has 0 unspecified atom stereocenters. The van der Waals surface area contributed by atoms with Gasteiger partial charge in [-0.25, -0.2) is 4.98 Å². The van der Waals surface area contributed by atoms with Crippen LogP contribution in [0.4, 0.5) is 0 Å². The third-order valence-corrected chi connectivity index (χ3v) is 4.14. The molecule has 0 amide bonds. The van der Waals surface area contributed by atoms with E-state index in [9.17, 15) is 0 Å². The van der Waals surface area contributed by atoms with Crippen LogP contribution >= 0.6 is 32.9 Å². The molecule has 0 aliphatic heterocycles. The second-order valence-electron chi connectivity index (χ2n) is 1.81. The van der Waals surface area contributed by atoms with Crippen LogP contribution in [0, 0.1) is 3.82 Å². The van der Waals surface area contributed by atoms with Crippen LogP contribution < -0.4 is 0 Å². The van der Waals surface area contributed by atoms with Crippen molar-refractivity contribution in [3.8, 4) is 0 Å². The van der Waals surface area contributed by atoms with Crippen molar-refractivity contribution in [1.82, 2.24) is 4.98 Å². The van der Waals surface area contributed by atoms with Gasteiger partial charge >= 0.3 is 0 Å². The van der Waals surface area contributed by atoms with Crippen molar-refractivity contribution >= 4 is 43.1 Å². The molecule has 1 nitrogen and oxygen atoms in total. The third-order valence-electron chi connectivity index (χ3n) is 1.19. The molecule has 0 saturated carbocycles. The molecule has 4 heteroatoms. The van der Waals surface area contributed by atoms with E-state index in [0.717, 1.165) is 14.0 Å². The van der Waals surface area contributed by atoms with Crippen LogP contribution in [0.25, 0.3) is 10.2 Å². The minimum absolute atomic E-state index is 0.952. The number of pyridine rings is 1. The van der Waals surface area contributed by atoms with Gasteiger partial charge in [0.15, 0.2) is 0 Å². The van der Waals surface area contributed by atoms with Crippen molar-refractivity contribution in [3.05, 3.63) is 22.2 Å². The first-order valence-corrected chi connectivity index (χ1v) is 5.27. The van der Waals surface area contributed by atoms with Crippen LogP contribution in [0.5, 0.6) is 0 Å². The van der Waals surface area contributed by atoms with Gasteiger partial charge in [0.05, 0.1) is 0 Å². The number of hydrogen-bond donors (Lipinski definition) is 0. The topological polar surface area (TPSA) is 12.9 Å². The molecule has 0 radical (unpaired) electrons. The molecule has 0 atom stereocenters. The van der Waals surface area contributed by atoms with Gasteiger partial charge in [0.2, 0.25) is 0 Å². The van der Waals surface area contributed by atoms with Crippen molar-refractivity contribution in [2.75, 3.05) is 0 Å². The predicted octanol–water partition coefficient (Wildman–Crippen LogP) is 3.09. The Hall–Kier alpha value is -0.320. The van der Waals surface area contributed by atoms with E-state index >= 15 is 0 Å². The Balaban J connectivity index is 3.07. The van der Waals surface area contributed by atoms with E-state index in [1.54, 1.807) is 26.9 Å². The molecule has 0 aliphatic rings. The van der Waals surface area contributed by atoms with Gasteiger partial charge < -0.3 is 0 Å². The summed E-state index contributed by atoms with van der Waals surface area (Å²) in [6.07, 6.45) is 1.79. The molecule has 0 saturated heterocycles. The van der Waals surface area contributed by atoms with Gasteiger partial charge in [-0.05, 0) is 12.1 Å². The van der Waals surface area contributed by atoms with Crippen molar-refractivity contribution in [1.29, 1.82) is 0 Å². The Morgan fingerprint density at radius 3 is 3.10 bits per heavy atom. The largest absolute Gasteiger partial charge is 0.244 e. The van der Waals surface area contributed by atoms with Crippen molar-refractivity contribution in [2.24, 2.45) is 0 Å². The third kappa shape index (κ3) is 0.885. The van der Waals surface area contributed by atoms with Crippen LogP contribution in [0.15, 0.2) is 18.3 Å². The van der Waals surface area contributed by atoms with Gasteiger partial charge in [-0.15, -0.1) is 0 Å². The van der Waals surface area contributed by atoms with E-state index in [4.69, 9.17) is 12.2 Å². The van der Waals surface area contributed by atoms with E-state index < -0.39 is 0 Å². The highest BCUT2D eigenvalue weighted by molar-refractivity contribution is 7.81. The zero-order chi connectivity index (χ0) is 6.97. The Morgan fingerprint density at radius 2 is 2.30 bits per heavy atom. The van der Waals surface area contributed by atoms with Crippen LogP contribution in [0.3, 0.4) is 0 Å². The molecule has 2 aromatic rings. The summed E-state index contributed by atoms with van der Waals surface area (Å²) >= 11 is 5.08. The highest BCUT2D eigenvalue weighted by Gasteiger charge is 1.95. The molecular weight excluding hydrogens is 182 g/mol. The maximum atomic E-state index is 5.08. The molecule has 2 aromatic heterocycles. The fraction of sp³-hybridized carbons (Fsp3) is 0. The lowest BCUT2D eigenvalue weighted by Crippen LogP contribution is -1.66. The van der Waals surface area contributed by atoms with Gasteiger partial charge in [0, 0.05) is 11.6 Å². The first kappa shape index (κ1) is 6.39. The fourth-order valence-corrected chi connectivity index (χ4v) is 3.24. The Labute approximate surface area is 70.4 Å². The molecule has 2 rings (SSSR count). The zero-order valence-electron chi connectivity index (χ0n) is 4.90. The molecule has 0 fully saturated rings. The molecular formula is C6H3NS3. The van der Waals surface area contributed by atoms with Crippen molar-refractivity contribution in [3.63, 3.8) is 0 Å². The number of hydrogen-bond acceptors (Lipinski definition) is 4. The average Bonchev–Trinajstić information content (AvgIpc) is 2.34. The lowest BCUT2D eigenvalue weighted by atomic mass is 10.4. The Morgan fingerprint density at radius 1 is 1.40 bits per heavy atom. The van der Waals surface area contributed by atoms with Crippen molar-refractivity contribution < 1.29 is 0 Å². The van der Waals surface area contributed by atoms with E-state index in [2.05, 4.69) is 4.98 Å². The van der Waals surface area contributed by atoms with Gasteiger partial charge in [-0.2, -0.15) is 0 Å². The summed E-state index contributed by atoms with van der Waals surface area (Å²) < 4.78 is 0.952. The van der Waals surface area contributed by atoms with Crippen LogP contribution in [-0.4, -0.2) is 4.98 Å². The number of fused-ring (bicyclic) bond motifs is 1. The SMILES string of the molecule is S=c1ssc2ncccc12. The van der Waals surface area contributed by atoms with Gasteiger partial charge in [-0.1, -0.05) is 32.9 Å². The molecule has 0 aromatic carbocycles. The molecule has 2 heterocycles. The predicted molar refractivity (Wildman–Crippen MR) is 48.3 cm³/mol. The lowest BCUT2D eigenvalue weighted by molar-refractivity contribution is 1.45. The first-order chi connectivity index (χ1) is 4.88. The van der Waals surface area contributed by atoms with Gasteiger partial charge in [0.1, 0.15) is 8.65 Å². The molecule has 0 spiro atoms. The minimum Gasteiger partial charge on any atom is -0.244 e. The second kappa shape index (κ2) is 2.38. The summed E-state index contributed by atoms with van der Waals surface area (Å²) in [5.74, 6) is 0. The molecule has 0 aliphatic carbocycles. The molecule has 0 N–H and O–H groups in total. The summed E-state index contributed by atoms with van der Waals surface area (Å²) in [5.41, 5.74) is 0. The molecule has 0 bridgehead atoms. The smallest absolute Gasteiger partial charge is 0.135 e. The number of aromatic nitrogens is 1. The van der Waals surface area contributed by atoms with E-state index in [1.165, 1.54) is 0 Å². The zero-order valence-corrected chi connectivity index (χ0v) is 7.35.